The Morgan fingerprint density at radius 2 is 2.00 bits per heavy atom. The lowest BCUT2D eigenvalue weighted by molar-refractivity contribution is 0.394. The number of nitrogens with zero attached hydrogens (tertiary/aromatic N) is 4. The second-order valence-corrected chi connectivity index (χ2v) is 6.05. The van der Waals surface area contributed by atoms with Crippen LogP contribution in [0.4, 0.5) is 23.0 Å². The number of hydrogen-bond acceptors (Lipinski definition) is 6. The van der Waals surface area contributed by atoms with Crippen molar-refractivity contribution in [1.82, 2.24) is 9.97 Å². The van der Waals surface area contributed by atoms with Crippen LogP contribution >= 0.6 is 39.1 Å². The lowest BCUT2D eigenvalue weighted by atomic mass is 10.2. The van der Waals surface area contributed by atoms with Crippen LogP contribution in [0.15, 0.2) is 25.5 Å². The van der Waals surface area contributed by atoms with Crippen molar-refractivity contribution in [2.45, 2.75) is 0 Å². The molecule has 0 spiro atoms. The molecule has 1 aromatic carbocycles. The third kappa shape index (κ3) is 2.76. The Morgan fingerprint density at radius 3 is 2.76 bits per heavy atom. The van der Waals surface area contributed by atoms with Crippen LogP contribution in [0, 0.1) is 0 Å². The molecule has 0 aliphatic carbocycles. The van der Waals surface area contributed by atoms with Gasteiger partial charge in [-0.25, -0.2) is 4.98 Å². The highest BCUT2D eigenvalue weighted by Gasteiger charge is 2.19. The summed E-state index contributed by atoms with van der Waals surface area (Å²) in [5, 5.41) is 3.88. The van der Waals surface area contributed by atoms with Crippen molar-refractivity contribution in [3.8, 4) is 5.88 Å². The maximum Gasteiger partial charge on any atom is 0.232 e. The summed E-state index contributed by atoms with van der Waals surface area (Å²) >= 11 is 16.6. The fourth-order valence-corrected chi connectivity index (χ4v) is 3.17. The third-order valence-electron chi connectivity index (χ3n) is 2.59. The van der Waals surface area contributed by atoms with Gasteiger partial charge in [-0.1, -0.05) is 23.2 Å². The fraction of sp³-hybridized carbons (Fsp3) is 0.0909. The van der Waals surface area contributed by atoms with Gasteiger partial charge in [0.2, 0.25) is 11.8 Å². The van der Waals surface area contributed by atoms with E-state index in [-0.39, 0.29) is 0 Å². The molecule has 1 aliphatic rings. The summed E-state index contributed by atoms with van der Waals surface area (Å²) < 4.78 is 14.1. The number of nitrogens with one attached hydrogen (secondary N) is 1. The first-order chi connectivity index (χ1) is 10.1. The smallest absolute Gasteiger partial charge is 0.232 e. The number of methoxy groups -OCH3 is 1. The van der Waals surface area contributed by atoms with Gasteiger partial charge in [0.1, 0.15) is 11.4 Å². The van der Waals surface area contributed by atoms with E-state index in [1.54, 1.807) is 12.3 Å². The number of halogens is 3. The molecule has 1 aliphatic heterocycles. The largest absolute Gasteiger partial charge is 0.480 e. The molecule has 0 bridgehead atoms. The Morgan fingerprint density at radius 1 is 1.24 bits per heavy atom. The fourth-order valence-electron chi connectivity index (χ4n) is 1.66. The number of benzene rings is 1. The Hall–Kier alpha value is -1.22. The lowest BCUT2D eigenvalue weighted by Gasteiger charge is -2.11. The molecule has 6 nitrogen and oxygen atoms in total. The average molecular weight is 407 g/mol. The third-order valence-corrected chi connectivity index (χ3v) is 4.24. The van der Waals surface area contributed by atoms with Crippen LogP contribution in [0.3, 0.4) is 0 Å². The highest BCUT2D eigenvalue weighted by Crippen LogP contribution is 2.48. The SMILES string of the molecule is COc1nc(Nc2c(Cl)cc(Cl)c3c2N=S=N3)ncc1Br. The maximum absolute atomic E-state index is 6.21. The molecule has 108 valence electrons. The molecule has 0 unspecified atom stereocenters. The second-order valence-electron chi connectivity index (χ2n) is 3.85. The van der Waals surface area contributed by atoms with E-state index in [0.29, 0.717) is 43.4 Å². The van der Waals surface area contributed by atoms with Gasteiger partial charge in [0.15, 0.2) is 0 Å². The number of anilines is 2. The zero-order valence-electron chi connectivity index (χ0n) is 10.4. The highest BCUT2D eigenvalue weighted by molar-refractivity contribution is 9.10. The Kier molecular flexibility index (Phi) is 4.12. The average Bonchev–Trinajstić information content (AvgIpc) is 2.95. The minimum absolute atomic E-state index is 0.327. The number of fused-ring (bicyclic) bond motifs is 1. The molecule has 10 heteroatoms. The highest BCUT2D eigenvalue weighted by atomic mass is 79.9. The van der Waals surface area contributed by atoms with Crippen molar-refractivity contribution in [3.63, 3.8) is 0 Å². The van der Waals surface area contributed by atoms with Gasteiger partial charge in [0.05, 0.1) is 44.9 Å². The van der Waals surface area contributed by atoms with Gasteiger partial charge < -0.3 is 10.1 Å². The maximum atomic E-state index is 6.21. The van der Waals surface area contributed by atoms with Crippen LogP contribution < -0.4 is 10.1 Å². The molecular weight excluding hydrogens is 401 g/mol. The predicted molar refractivity (Wildman–Crippen MR) is 87.6 cm³/mol. The molecule has 1 N–H and O–H groups in total. The minimum Gasteiger partial charge on any atom is -0.480 e. The number of rotatable bonds is 3. The first-order valence-electron chi connectivity index (χ1n) is 5.54. The van der Waals surface area contributed by atoms with Gasteiger partial charge in [-0.05, 0) is 22.0 Å². The summed E-state index contributed by atoms with van der Waals surface area (Å²) in [7, 11) is 1.52. The zero-order valence-corrected chi connectivity index (χ0v) is 14.3. The van der Waals surface area contributed by atoms with Crippen molar-refractivity contribution in [3.05, 3.63) is 26.8 Å². The molecule has 0 fully saturated rings. The molecule has 0 saturated carbocycles. The van der Waals surface area contributed by atoms with E-state index in [1.165, 1.54) is 7.11 Å². The molecule has 0 radical (unpaired) electrons. The quantitative estimate of drug-likeness (QED) is 0.662. The zero-order chi connectivity index (χ0) is 15.0. The van der Waals surface area contributed by atoms with Crippen LogP contribution in [0.2, 0.25) is 10.0 Å². The minimum atomic E-state index is 0.327. The Labute approximate surface area is 141 Å². The lowest BCUT2D eigenvalue weighted by Crippen LogP contribution is -2.00. The predicted octanol–water partition coefficient (Wildman–Crippen LogP) is 5.02. The van der Waals surface area contributed by atoms with Crippen LogP contribution in [-0.2, 0) is 11.4 Å². The van der Waals surface area contributed by atoms with Crippen LogP contribution in [0.1, 0.15) is 0 Å². The molecule has 0 atom stereocenters. The van der Waals surface area contributed by atoms with Crippen molar-refractivity contribution in [2.75, 3.05) is 12.4 Å². The van der Waals surface area contributed by atoms with E-state index in [0.717, 1.165) is 11.4 Å². The monoisotopic (exact) mass is 405 g/mol. The molecular formula is C11H6BrCl2N5OS. The summed E-state index contributed by atoms with van der Waals surface area (Å²) in [6, 6.07) is 1.60. The first kappa shape index (κ1) is 14.7. The summed E-state index contributed by atoms with van der Waals surface area (Å²) in [4.78, 5) is 8.36. The molecule has 0 saturated heterocycles. The standard InChI is InChI=1S/C11H6BrCl2N5OS/c1-20-10-4(12)3-15-11(17-10)16-7-5(13)2-6(14)8-9(7)19-21-18-8/h2-3H,1H3,(H,15,16,17). The van der Waals surface area contributed by atoms with Gasteiger partial charge >= 0.3 is 0 Å². The molecule has 0 amide bonds. The van der Waals surface area contributed by atoms with Gasteiger partial charge in [-0.3, -0.25) is 0 Å². The number of hydrogen-bond donors (Lipinski definition) is 1. The second kappa shape index (κ2) is 5.88. The van der Waals surface area contributed by atoms with Crippen molar-refractivity contribution in [2.24, 2.45) is 8.73 Å². The van der Waals surface area contributed by atoms with Crippen LogP contribution in [-0.4, -0.2) is 17.1 Å². The summed E-state index contributed by atoms with van der Waals surface area (Å²) in [6.45, 7) is 0. The summed E-state index contributed by atoms with van der Waals surface area (Å²) in [6.07, 6.45) is 1.58. The Bertz CT molecular complexity index is 810. The van der Waals surface area contributed by atoms with Crippen molar-refractivity contribution >= 4 is 73.5 Å². The summed E-state index contributed by atoms with van der Waals surface area (Å²) in [5.74, 6) is 0.735. The molecule has 2 aromatic rings. The van der Waals surface area contributed by atoms with Crippen molar-refractivity contribution in [1.29, 1.82) is 0 Å². The van der Waals surface area contributed by atoms with Crippen LogP contribution in [0.25, 0.3) is 0 Å². The van der Waals surface area contributed by atoms with Crippen LogP contribution in [0.5, 0.6) is 5.88 Å². The van der Waals surface area contributed by atoms with E-state index in [2.05, 4.69) is 39.9 Å². The molecule has 1 aromatic heterocycles. The normalized spacial score (nSPS) is 12.0. The molecule has 21 heavy (non-hydrogen) atoms. The van der Waals surface area contributed by atoms with Gasteiger partial charge in [-0.15, -0.1) is 0 Å². The van der Waals surface area contributed by atoms with E-state index in [1.807, 2.05) is 0 Å². The number of ether oxygens (including phenoxy) is 1. The number of aromatic nitrogens is 2. The van der Waals surface area contributed by atoms with Crippen molar-refractivity contribution < 1.29 is 4.74 Å². The van der Waals surface area contributed by atoms with Gasteiger partial charge in [0.25, 0.3) is 0 Å². The Balaban J connectivity index is 2.04. The van der Waals surface area contributed by atoms with Gasteiger partial charge in [-0.2, -0.15) is 13.7 Å². The molecule has 3 rings (SSSR count). The topological polar surface area (TPSA) is 71.8 Å². The summed E-state index contributed by atoms with van der Waals surface area (Å²) in [5.41, 5.74) is 1.70. The van der Waals surface area contributed by atoms with E-state index in [9.17, 15) is 0 Å². The van der Waals surface area contributed by atoms with Gasteiger partial charge in [0, 0.05) is 0 Å². The first-order valence-corrected chi connectivity index (χ1v) is 7.82. The van der Waals surface area contributed by atoms with E-state index >= 15 is 0 Å². The van der Waals surface area contributed by atoms with E-state index in [4.69, 9.17) is 27.9 Å². The van der Waals surface area contributed by atoms with E-state index < -0.39 is 0 Å². The molecule has 2 heterocycles.